The lowest BCUT2D eigenvalue weighted by Crippen LogP contribution is -2.35. The highest BCUT2D eigenvalue weighted by molar-refractivity contribution is 5.75. The molecule has 0 aliphatic heterocycles. The van der Waals surface area contributed by atoms with Crippen molar-refractivity contribution >= 4 is 5.97 Å². The standard InChI is InChI=1S/C7H9F3O2/c8-5-2-1-4(3-5)7(9,10)6(11)12/h4-5H,1-3H2,(H,11,12). The molecule has 70 valence electrons. The predicted octanol–water partition coefficient (Wildman–Crippen LogP) is 1.84. The third-order valence-corrected chi connectivity index (χ3v) is 2.17. The van der Waals surface area contributed by atoms with Crippen LogP contribution in [0, 0.1) is 5.92 Å². The average molecular weight is 182 g/mol. The van der Waals surface area contributed by atoms with Gasteiger partial charge in [0.05, 0.1) is 0 Å². The number of hydrogen-bond donors (Lipinski definition) is 1. The highest BCUT2D eigenvalue weighted by Gasteiger charge is 2.50. The second kappa shape index (κ2) is 2.95. The van der Waals surface area contributed by atoms with Gasteiger partial charge in [0, 0.05) is 5.92 Å². The molecule has 1 saturated carbocycles. The molecule has 1 fully saturated rings. The van der Waals surface area contributed by atoms with Gasteiger partial charge in [0.25, 0.3) is 0 Å². The van der Waals surface area contributed by atoms with E-state index in [1.165, 1.54) is 0 Å². The maximum Gasteiger partial charge on any atom is 0.374 e. The molecule has 0 spiro atoms. The van der Waals surface area contributed by atoms with Crippen molar-refractivity contribution in [3.63, 3.8) is 0 Å². The van der Waals surface area contributed by atoms with E-state index in [2.05, 4.69) is 0 Å². The van der Waals surface area contributed by atoms with E-state index in [9.17, 15) is 18.0 Å². The lowest BCUT2D eigenvalue weighted by Gasteiger charge is -2.17. The summed E-state index contributed by atoms with van der Waals surface area (Å²) in [5, 5.41) is 8.12. The Hall–Kier alpha value is -0.740. The van der Waals surface area contributed by atoms with Crippen LogP contribution in [-0.2, 0) is 4.79 Å². The minimum Gasteiger partial charge on any atom is -0.477 e. The summed E-state index contributed by atoms with van der Waals surface area (Å²) in [6.07, 6.45) is -1.59. The Morgan fingerprint density at radius 3 is 2.33 bits per heavy atom. The summed E-state index contributed by atoms with van der Waals surface area (Å²) in [6.45, 7) is 0. The van der Waals surface area contributed by atoms with Crippen LogP contribution in [0.25, 0.3) is 0 Å². The van der Waals surface area contributed by atoms with Crippen LogP contribution in [0.1, 0.15) is 19.3 Å². The molecule has 2 nitrogen and oxygen atoms in total. The Labute approximate surface area is 67.4 Å². The number of carboxylic acid groups (broad SMARTS) is 1. The SMILES string of the molecule is O=C(O)C(F)(F)C1CCC(F)C1. The van der Waals surface area contributed by atoms with Crippen LogP contribution in [-0.4, -0.2) is 23.2 Å². The summed E-state index contributed by atoms with van der Waals surface area (Å²) in [5.41, 5.74) is 0. The third-order valence-electron chi connectivity index (χ3n) is 2.17. The Bertz CT molecular complexity index is 193. The number of rotatable bonds is 2. The smallest absolute Gasteiger partial charge is 0.374 e. The van der Waals surface area contributed by atoms with Crippen LogP contribution >= 0.6 is 0 Å². The maximum atomic E-state index is 12.7. The highest BCUT2D eigenvalue weighted by Crippen LogP contribution is 2.39. The maximum absolute atomic E-state index is 12.7. The molecule has 0 amide bonds. The summed E-state index contributed by atoms with van der Waals surface area (Å²) in [7, 11) is 0. The van der Waals surface area contributed by atoms with Gasteiger partial charge in [-0.25, -0.2) is 9.18 Å². The zero-order valence-electron chi connectivity index (χ0n) is 6.27. The number of aliphatic carboxylic acids is 1. The van der Waals surface area contributed by atoms with Gasteiger partial charge in [-0.2, -0.15) is 8.78 Å². The minimum atomic E-state index is -3.76. The van der Waals surface area contributed by atoms with Crippen LogP contribution in [0.2, 0.25) is 0 Å². The molecule has 1 rings (SSSR count). The van der Waals surface area contributed by atoms with Crippen molar-refractivity contribution in [2.24, 2.45) is 5.92 Å². The van der Waals surface area contributed by atoms with Crippen molar-refractivity contribution in [1.29, 1.82) is 0 Å². The van der Waals surface area contributed by atoms with Gasteiger partial charge < -0.3 is 5.11 Å². The first-order valence-electron chi connectivity index (χ1n) is 3.70. The topological polar surface area (TPSA) is 37.3 Å². The van der Waals surface area contributed by atoms with E-state index < -0.39 is 24.0 Å². The van der Waals surface area contributed by atoms with E-state index in [4.69, 9.17) is 5.11 Å². The fourth-order valence-electron chi connectivity index (χ4n) is 1.43. The Kier molecular flexibility index (Phi) is 2.30. The number of alkyl halides is 3. The molecule has 1 aliphatic carbocycles. The number of carbonyl (C=O) groups is 1. The molecule has 0 aromatic rings. The molecule has 0 radical (unpaired) electrons. The monoisotopic (exact) mass is 182 g/mol. The van der Waals surface area contributed by atoms with Gasteiger partial charge in [-0.05, 0) is 19.3 Å². The zero-order valence-corrected chi connectivity index (χ0v) is 6.27. The lowest BCUT2D eigenvalue weighted by atomic mass is 10.00. The van der Waals surface area contributed by atoms with Crippen molar-refractivity contribution in [3.05, 3.63) is 0 Å². The van der Waals surface area contributed by atoms with Crippen molar-refractivity contribution in [1.82, 2.24) is 0 Å². The molecule has 5 heteroatoms. The summed E-state index contributed by atoms with van der Waals surface area (Å²) in [5.74, 6) is -7.24. The Morgan fingerprint density at radius 1 is 1.42 bits per heavy atom. The summed E-state index contributed by atoms with van der Waals surface area (Å²) in [6, 6.07) is 0. The summed E-state index contributed by atoms with van der Waals surface area (Å²) in [4.78, 5) is 10.0. The van der Waals surface area contributed by atoms with Crippen molar-refractivity contribution in [2.45, 2.75) is 31.4 Å². The van der Waals surface area contributed by atoms with E-state index in [0.29, 0.717) is 0 Å². The second-order valence-corrected chi connectivity index (χ2v) is 3.04. The summed E-state index contributed by atoms with van der Waals surface area (Å²) >= 11 is 0. The largest absolute Gasteiger partial charge is 0.477 e. The molecule has 0 bridgehead atoms. The molecule has 2 atom stereocenters. The van der Waals surface area contributed by atoms with Gasteiger partial charge in [-0.3, -0.25) is 0 Å². The van der Waals surface area contributed by atoms with Crippen molar-refractivity contribution in [3.8, 4) is 0 Å². The van der Waals surface area contributed by atoms with Gasteiger partial charge in [0.1, 0.15) is 6.17 Å². The van der Waals surface area contributed by atoms with Crippen LogP contribution < -0.4 is 0 Å². The average Bonchev–Trinajstić information content (AvgIpc) is 2.35. The normalized spacial score (nSPS) is 30.6. The first-order chi connectivity index (χ1) is 5.44. The van der Waals surface area contributed by atoms with Gasteiger partial charge in [0.2, 0.25) is 0 Å². The van der Waals surface area contributed by atoms with E-state index in [-0.39, 0.29) is 19.3 Å². The fraction of sp³-hybridized carbons (Fsp3) is 0.857. The van der Waals surface area contributed by atoms with Crippen molar-refractivity contribution in [2.75, 3.05) is 0 Å². The van der Waals surface area contributed by atoms with Gasteiger partial charge in [0.15, 0.2) is 0 Å². The third kappa shape index (κ3) is 1.54. The molecule has 2 unspecified atom stereocenters. The zero-order chi connectivity index (χ0) is 9.35. The fourth-order valence-corrected chi connectivity index (χ4v) is 1.43. The Balaban J connectivity index is 2.63. The van der Waals surface area contributed by atoms with E-state index in [0.717, 1.165) is 0 Å². The van der Waals surface area contributed by atoms with Crippen LogP contribution in [0.3, 0.4) is 0 Å². The molecular weight excluding hydrogens is 173 g/mol. The van der Waals surface area contributed by atoms with E-state index >= 15 is 0 Å². The van der Waals surface area contributed by atoms with Crippen LogP contribution in [0.4, 0.5) is 13.2 Å². The molecule has 1 aliphatic rings. The van der Waals surface area contributed by atoms with E-state index in [1.807, 2.05) is 0 Å². The second-order valence-electron chi connectivity index (χ2n) is 3.04. The van der Waals surface area contributed by atoms with E-state index in [1.54, 1.807) is 0 Å². The minimum absolute atomic E-state index is 0.0412. The Morgan fingerprint density at radius 2 is 2.00 bits per heavy atom. The van der Waals surface area contributed by atoms with Gasteiger partial charge in [-0.1, -0.05) is 0 Å². The molecule has 12 heavy (non-hydrogen) atoms. The molecular formula is C7H9F3O2. The van der Waals surface area contributed by atoms with Crippen molar-refractivity contribution < 1.29 is 23.1 Å². The lowest BCUT2D eigenvalue weighted by molar-refractivity contribution is -0.173. The molecule has 0 aromatic heterocycles. The van der Waals surface area contributed by atoms with Crippen LogP contribution in [0.15, 0.2) is 0 Å². The molecule has 0 aromatic carbocycles. The molecule has 1 N–H and O–H groups in total. The molecule has 0 heterocycles. The van der Waals surface area contributed by atoms with Gasteiger partial charge >= 0.3 is 11.9 Å². The van der Waals surface area contributed by atoms with Crippen LogP contribution in [0.5, 0.6) is 0 Å². The highest BCUT2D eigenvalue weighted by atomic mass is 19.3. The predicted molar refractivity (Wildman–Crippen MR) is 34.8 cm³/mol. The number of halogens is 3. The summed E-state index contributed by atoms with van der Waals surface area (Å²) < 4.78 is 37.8. The number of carboxylic acids is 1. The molecule has 0 saturated heterocycles. The first-order valence-corrected chi connectivity index (χ1v) is 3.70. The quantitative estimate of drug-likeness (QED) is 0.707. The van der Waals surface area contributed by atoms with Gasteiger partial charge in [-0.15, -0.1) is 0 Å². The number of hydrogen-bond acceptors (Lipinski definition) is 1. The first kappa shape index (κ1) is 9.35.